The zero-order valence-corrected chi connectivity index (χ0v) is 15.8. The third-order valence-corrected chi connectivity index (χ3v) is 4.96. The number of rotatable bonds is 4. The first-order valence-corrected chi connectivity index (χ1v) is 9.12. The summed E-state index contributed by atoms with van der Waals surface area (Å²) >= 11 is 0. The molecule has 0 saturated carbocycles. The smallest absolute Gasteiger partial charge is 0.257 e. The number of amides is 1. The van der Waals surface area contributed by atoms with Crippen LogP contribution in [0, 0.1) is 13.8 Å². The number of aliphatic hydroxyl groups is 1. The van der Waals surface area contributed by atoms with Crippen LogP contribution in [0.25, 0.3) is 0 Å². The number of benzene rings is 1. The third kappa shape index (κ3) is 3.75. The molecule has 140 valence electrons. The summed E-state index contributed by atoms with van der Waals surface area (Å²) < 4.78 is 6.02. The van der Waals surface area contributed by atoms with E-state index in [-0.39, 0.29) is 18.6 Å². The predicted molar refractivity (Wildman–Crippen MR) is 99.5 cm³/mol. The van der Waals surface area contributed by atoms with Gasteiger partial charge in [-0.05, 0) is 37.5 Å². The summed E-state index contributed by atoms with van der Waals surface area (Å²) in [6, 6.07) is 7.98. The summed E-state index contributed by atoms with van der Waals surface area (Å²) in [5.74, 6) is 1.10. The van der Waals surface area contributed by atoms with Crippen LogP contribution in [0.2, 0.25) is 0 Å². The van der Waals surface area contributed by atoms with Gasteiger partial charge >= 0.3 is 0 Å². The van der Waals surface area contributed by atoms with Gasteiger partial charge in [-0.2, -0.15) is 5.10 Å². The van der Waals surface area contributed by atoms with Crippen LogP contribution in [-0.4, -0.2) is 51.4 Å². The average Bonchev–Trinajstić information content (AvgIpc) is 2.95. The lowest BCUT2D eigenvalue weighted by atomic mass is 10.0. The SMILES string of the molecule is Cc1n[nH]c(C)c1C(=O)N1CC[C@@H](Oc2cccc(C(C)C)c2)[C@H](O)C1. The molecule has 2 atom stereocenters. The lowest BCUT2D eigenvalue weighted by Crippen LogP contribution is -2.51. The third-order valence-electron chi connectivity index (χ3n) is 4.96. The Morgan fingerprint density at radius 1 is 1.38 bits per heavy atom. The van der Waals surface area contributed by atoms with Gasteiger partial charge in [-0.25, -0.2) is 0 Å². The molecule has 1 aromatic carbocycles. The van der Waals surface area contributed by atoms with Gasteiger partial charge in [0.25, 0.3) is 5.91 Å². The standard InChI is InChI=1S/C20H27N3O3/c1-12(2)15-6-5-7-16(10-15)26-18-8-9-23(11-17(18)24)20(25)19-13(3)21-22-14(19)4/h5-7,10,12,17-18,24H,8-9,11H2,1-4H3,(H,21,22)/t17-,18-/m1/s1. The van der Waals surface area contributed by atoms with E-state index in [2.05, 4.69) is 30.1 Å². The highest BCUT2D eigenvalue weighted by Crippen LogP contribution is 2.25. The van der Waals surface area contributed by atoms with Gasteiger partial charge in [-0.1, -0.05) is 26.0 Å². The number of aromatic nitrogens is 2. The fraction of sp³-hybridized carbons (Fsp3) is 0.500. The Hall–Kier alpha value is -2.34. The van der Waals surface area contributed by atoms with E-state index < -0.39 is 6.10 Å². The number of H-pyrrole nitrogens is 1. The minimum atomic E-state index is -0.720. The number of nitrogens with one attached hydrogen (secondary N) is 1. The molecule has 2 heterocycles. The summed E-state index contributed by atoms with van der Waals surface area (Å²) in [6.45, 7) is 8.73. The molecule has 3 rings (SSSR count). The second-order valence-corrected chi connectivity index (χ2v) is 7.30. The molecule has 6 heteroatoms. The largest absolute Gasteiger partial charge is 0.488 e. The van der Waals surface area contributed by atoms with Crippen molar-refractivity contribution in [2.45, 2.75) is 52.2 Å². The zero-order chi connectivity index (χ0) is 18.8. The van der Waals surface area contributed by atoms with Crippen LogP contribution in [0.1, 0.15) is 53.5 Å². The molecule has 0 radical (unpaired) electrons. The number of hydrogen-bond acceptors (Lipinski definition) is 4. The molecule has 0 unspecified atom stereocenters. The summed E-state index contributed by atoms with van der Waals surface area (Å²) in [4.78, 5) is 14.4. The Bertz CT molecular complexity index is 765. The first-order valence-electron chi connectivity index (χ1n) is 9.12. The van der Waals surface area contributed by atoms with Crippen molar-refractivity contribution in [3.05, 3.63) is 46.8 Å². The first kappa shape index (κ1) is 18.5. The van der Waals surface area contributed by atoms with E-state index in [4.69, 9.17) is 4.74 Å². The number of likely N-dealkylation sites (tertiary alicyclic amines) is 1. The van der Waals surface area contributed by atoms with Gasteiger partial charge in [0, 0.05) is 18.7 Å². The highest BCUT2D eigenvalue weighted by atomic mass is 16.5. The van der Waals surface area contributed by atoms with Crippen LogP contribution < -0.4 is 4.74 Å². The minimum absolute atomic E-state index is 0.0898. The molecule has 2 aromatic rings. The Morgan fingerprint density at radius 2 is 2.15 bits per heavy atom. The van der Waals surface area contributed by atoms with E-state index in [0.717, 1.165) is 11.4 Å². The number of nitrogens with zero attached hydrogens (tertiary/aromatic N) is 2. The molecule has 0 aliphatic carbocycles. The number of aromatic amines is 1. The van der Waals surface area contributed by atoms with E-state index >= 15 is 0 Å². The molecule has 1 aromatic heterocycles. The summed E-state index contributed by atoms with van der Waals surface area (Å²) in [5.41, 5.74) is 3.24. The van der Waals surface area contributed by atoms with E-state index in [9.17, 15) is 9.90 Å². The number of aryl methyl sites for hydroxylation is 2. The number of β-amino-alcohol motifs (C(OH)–C–C–N with tert-alkyl or cyclic N) is 1. The molecular weight excluding hydrogens is 330 g/mol. The van der Waals surface area contributed by atoms with Gasteiger partial charge in [0.05, 0.1) is 17.8 Å². The maximum atomic E-state index is 12.7. The van der Waals surface area contributed by atoms with Gasteiger partial charge < -0.3 is 14.7 Å². The van der Waals surface area contributed by atoms with Gasteiger partial charge in [-0.15, -0.1) is 0 Å². The van der Waals surface area contributed by atoms with Crippen molar-refractivity contribution in [1.29, 1.82) is 0 Å². The average molecular weight is 357 g/mol. The minimum Gasteiger partial charge on any atom is -0.488 e. The predicted octanol–water partition coefficient (Wildman–Crippen LogP) is 2.80. The van der Waals surface area contributed by atoms with Crippen molar-refractivity contribution in [2.24, 2.45) is 0 Å². The van der Waals surface area contributed by atoms with Gasteiger partial charge in [0.2, 0.25) is 0 Å². The Kier molecular flexibility index (Phi) is 5.32. The molecule has 0 spiro atoms. The van der Waals surface area contributed by atoms with E-state index in [0.29, 0.717) is 30.1 Å². The van der Waals surface area contributed by atoms with Crippen LogP contribution in [-0.2, 0) is 0 Å². The number of ether oxygens (including phenoxy) is 1. The first-order chi connectivity index (χ1) is 12.4. The van der Waals surface area contributed by atoms with Crippen molar-refractivity contribution < 1.29 is 14.6 Å². The van der Waals surface area contributed by atoms with Gasteiger partial charge in [0.15, 0.2) is 0 Å². The topological polar surface area (TPSA) is 78.5 Å². The second kappa shape index (κ2) is 7.50. The van der Waals surface area contributed by atoms with Gasteiger partial charge in [0.1, 0.15) is 18.0 Å². The lowest BCUT2D eigenvalue weighted by Gasteiger charge is -2.36. The van der Waals surface area contributed by atoms with E-state index in [1.165, 1.54) is 5.56 Å². The van der Waals surface area contributed by atoms with Crippen LogP contribution >= 0.6 is 0 Å². The number of aliphatic hydroxyl groups excluding tert-OH is 1. The molecule has 2 N–H and O–H groups in total. The molecule has 6 nitrogen and oxygen atoms in total. The van der Waals surface area contributed by atoms with Crippen molar-refractivity contribution in [1.82, 2.24) is 15.1 Å². The van der Waals surface area contributed by atoms with Gasteiger partial charge in [-0.3, -0.25) is 9.89 Å². The molecule has 0 bridgehead atoms. The summed E-state index contributed by atoms with van der Waals surface area (Å²) in [7, 11) is 0. The van der Waals surface area contributed by atoms with Crippen molar-refractivity contribution in [3.63, 3.8) is 0 Å². The molecule has 1 aliphatic rings. The highest BCUT2D eigenvalue weighted by molar-refractivity contribution is 5.96. The van der Waals surface area contributed by atoms with Crippen LogP contribution in [0.3, 0.4) is 0 Å². The zero-order valence-electron chi connectivity index (χ0n) is 15.8. The van der Waals surface area contributed by atoms with Crippen molar-refractivity contribution >= 4 is 5.91 Å². The number of piperidine rings is 1. The molecule has 1 saturated heterocycles. The molecule has 1 aliphatic heterocycles. The lowest BCUT2D eigenvalue weighted by molar-refractivity contribution is -0.0199. The second-order valence-electron chi connectivity index (χ2n) is 7.30. The van der Waals surface area contributed by atoms with Crippen LogP contribution in [0.15, 0.2) is 24.3 Å². The monoisotopic (exact) mass is 357 g/mol. The van der Waals surface area contributed by atoms with E-state index in [1.54, 1.807) is 4.90 Å². The maximum Gasteiger partial charge on any atom is 0.257 e. The fourth-order valence-electron chi connectivity index (χ4n) is 3.38. The van der Waals surface area contributed by atoms with Crippen molar-refractivity contribution in [2.75, 3.05) is 13.1 Å². The van der Waals surface area contributed by atoms with E-state index in [1.807, 2.05) is 32.0 Å². The molecule has 1 amide bonds. The highest BCUT2D eigenvalue weighted by Gasteiger charge is 2.33. The molecule has 1 fully saturated rings. The normalized spacial score (nSPS) is 20.5. The van der Waals surface area contributed by atoms with Crippen LogP contribution in [0.5, 0.6) is 5.75 Å². The maximum absolute atomic E-state index is 12.7. The van der Waals surface area contributed by atoms with Crippen LogP contribution in [0.4, 0.5) is 0 Å². The fourth-order valence-corrected chi connectivity index (χ4v) is 3.38. The number of hydrogen-bond donors (Lipinski definition) is 2. The Labute approximate surface area is 154 Å². The molecule has 26 heavy (non-hydrogen) atoms. The van der Waals surface area contributed by atoms with Crippen molar-refractivity contribution in [3.8, 4) is 5.75 Å². The number of carbonyl (C=O) groups excluding carboxylic acids is 1. The quantitative estimate of drug-likeness (QED) is 0.882. The Morgan fingerprint density at radius 3 is 2.77 bits per heavy atom. The molecular formula is C20H27N3O3. The number of carbonyl (C=O) groups is 1. The summed E-state index contributed by atoms with van der Waals surface area (Å²) in [6.07, 6.45) is -0.440. The Balaban J connectivity index is 1.65. The summed E-state index contributed by atoms with van der Waals surface area (Å²) in [5, 5.41) is 17.4.